The van der Waals surface area contributed by atoms with Crippen LogP contribution in [-0.4, -0.2) is 10.5 Å². The van der Waals surface area contributed by atoms with E-state index >= 15 is 0 Å². The largest absolute Gasteiger partial charge is 0.320 e. The summed E-state index contributed by atoms with van der Waals surface area (Å²) in [6.07, 6.45) is 2.58. The Morgan fingerprint density at radius 1 is 1.24 bits per heavy atom. The van der Waals surface area contributed by atoms with Gasteiger partial charge in [-0.25, -0.2) is 0 Å². The first-order chi connectivity index (χ1) is 11.7. The average molecular weight is 357 g/mol. The summed E-state index contributed by atoms with van der Waals surface area (Å²) in [7, 11) is 0. The van der Waals surface area contributed by atoms with Crippen molar-refractivity contribution in [3.63, 3.8) is 0 Å². The van der Waals surface area contributed by atoms with Crippen molar-refractivity contribution in [3.05, 3.63) is 50.3 Å². The lowest BCUT2D eigenvalue weighted by molar-refractivity contribution is 0.0997. The van der Waals surface area contributed by atoms with Crippen LogP contribution in [0.15, 0.2) is 23.2 Å². The highest BCUT2D eigenvalue weighted by Gasteiger charge is 2.27. The van der Waals surface area contributed by atoms with Crippen molar-refractivity contribution in [3.8, 4) is 0 Å². The number of carbonyl (C=O) groups is 1. The molecule has 0 N–H and O–H groups in total. The van der Waals surface area contributed by atoms with Crippen molar-refractivity contribution >= 4 is 17.2 Å². The van der Waals surface area contributed by atoms with Gasteiger partial charge < -0.3 is 4.57 Å². The molecule has 0 spiro atoms. The van der Waals surface area contributed by atoms with Crippen LogP contribution in [0.4, 0.5) is 0 Å². The maximum atomic E-state index is 12.8. The van der Waals surface area contributed by atoms with Gasteiger partial charge in [0.25, 0.3) is 5.91 Å². The number of nitrogens with zero attached hydrogens (tertiary/aromatic N) is 2. The first-order valence-corrected chi connectivity index (χ1v) is 9.85. The highest BCUT2D eigenvalue weighted by Crippen LogP contribution is 2.33. The Labute approximate surface area is 154 Å². The maximum Gasteiger partial charge on any atom is 0.279 e. The number of rotatable bonds is 3. The van der Waals surface area contributed by atoms with Crippen molar-refractivity contribution < 1.29 is 4.79 Å². The molecule has 25 heavy (non-hydrogen) atoms. The number of benzene rings is 1. The van der Waals surface area contributed by atoms with E-state index in [0.717, 1.165) is 28.4 Å². The van der Waals surface area contributed by atoms with Crippen LogP contribution in [0.2, 0.25) is 0 Å². The fourth-order valence-corrected chi connectivity index (χ4v) is 4.35. The third-order valence-corrected chi connectivity index (χ3v) is 6.40. The SMILES string of the molecule is Cc1ccc(C)c(C(=O)/N=c2\sc(C(C)(C)C)c(C)n2CC2CC2)c1. The van der Waals surface area contributed by atoms with E-state index in [4.69, 9.17) is 0 Å². The zero-order chi connectivity index (χ0) is 18.4. The summed E-state index contributed by atoms with van der Waals surface area (Å²) >= 11 is 1.67. The zero-order valence-electron chi connectivity index (χ0n) is 16.1. The maximum absolute atomic E-state index is 12.8. The first-order valence-electron chi connectivity index (χ1n) is 9.04. The third kappa shape index (κ3) is 3.95. The van der Waals surface area contributed by atoms with Crippen molar-refractivity contribution in [1.82, 2.24) is 4.57 Å². The molecule has 134 valence electrons. The van der Waals surface area contributed by atoms with Gasteiger partial charge in [0.05, 0.1) is 0 Å². The average Bonchev–Trinajstić information content (AvgIpc) is 3.28. The van der Waals surface area contributed by atoms with Gasteiger partial charge in [-0.2, -0.15) is 4.99 Å². The molecule has 0 bridgehead atoms. The quantitative estimate of drug-likeness (QED) is 0.768. The molecule has 0 atom stereocenters. The van der Waals surface area contributed by atoms with Crippen LogP contribution in [0.5, 0.6) is 0 Å². The highest BCUT2D eigenvalue weighted by molar-refractivity contribution is 7.09. The Kier molecular flexibility index (Phi) is 4.76. The van der Waals surface area contributed by atoms with E-state index in [1.165, 1.54) is 23.4 Å². The normalized spacial score (nSPS) is 15.7. The van der Waals surface area contributed by atoms with E-state index in [1.807, 2.05) is 32.0 Å². The number of aromatic nitrogens is 1. The zero-order valence-corrected chi connectivity index (χ0v) is 17.0. The minimum absolute atomic E-state index is 0.0656. The van der Waals surface area contributed by atoms with Crippen molar-refractivity contribution in [2.75, 3.05) is 0 Å². The van der Waals surface area contributed by atoms with E-state index in [2.05, 4.69) is 37.3 Å². The van der Waals surface area contributed by atoms with E-state index in [9.17, 15) is 4.79 Å². The number of aryl methyl sites for hydroxylation is 2. The number of amides is 1. The second-order valence-electron chi connectivity index (χ2n) is 8.34. The molecule has 4 heteroatoms. The summed E-state index contributed by atoms with van der Waals surface area (Å²) in [5, 5.41) is 0. The van der Waals surface area contributed by atoms with Crippen molar-refractivity contribution in [2.45, 2.75) is 66.3 Å². The molecule has 3 nitrogen and oxygen atoms in total. The van der Waals surface area contributed by atoms with Crippen LogP contribution in [-0.2, 0) is 12.0 Å². The topological polar surface area (TPSA) is 34.4 Å². The van der Waals surface area contributed by atoms with Crippen LogP contribution in [0.1, 0.15) is 65.7 Å². The minimum atomic E-state index is -0.132. The van der Waals surface area contributed by atoms with Gasteiger partial charge in [0, 0.05) is 22.7 Å². The van der Waals surface area contributed by atoms with Crippen LogP contribution < -0.4 is 4.80 Å². The fourth-order valence-electron chi connectivity index (χ4n) is 3.15. The Bertz CT molecular complexity index is 876. The van der Waals surface area contributed by atoms with E-state index in [1.54, 1.807) is 11.3 Å². The molecule has 0 saturated heterocycles. The predicted octanol–water partition coefficient (Wildman–Crippen LogP) is 4.92. The molecule has 1 aliphatic carbocycles. The Morgan fingerprint density at radius 3 is 2.52 bits per heavy atom. The summed E-state index contributed by atoms with van der Waals surface area (Å²) in [5.41, 5.74) is 4.11. The smallest absolute Gasteiger partial charge is 0.279 e. The Morgan fingerprint density at radius 2 is 1.92 bits per heavy atom. The molecule has 1 saturated carbocycles. The van der Waals surface area contributed by atoms with E-state index in [0.29, 0.717) is 5.56 Å². The van der Waals surface area contributed by atoms with E-state index < -0.39 is 0 Å². The molecule has 1 aromatic heterocycles. The molecule has 1 heterocycles. The molecule has 0 unspecified atom stereocenters. The number of hydrogen-bond donors (Lipinski definition) is 0. The molecular weight excluding hydrogens is 328 g/mol. The Balaban J connectivity index is 2.09. The van der Waals surface area contributed by atoms with Gasteiger partial charge in [-0.15, -0.1) is 11.3 Å². The second kappa shape index (κ2) is 6.56. The molecule has 1 aromatic carbocycles. The molecule has 1 amide bonds. The van der Waals surface area contributed by atoms with Crippen LogP contribution in [0, 0.1) is 26.7 Å². The summed E-state index contributed by atoms with van der Waals surface area (Å²) in [6, 6.07) is 5.97. The summed E-state index contributed by atoms with van der Waals surface area (Å²) in [6.45, 7) is 13.8. The van der Waals surface area contributed by atoms with Gasteiger partial charge in [-0.3, -0.25) is 4.79 Å². The molecule has 3 rings (SSSR count). The van der Waals surface area contributed by atoms with Crippen molar-refractivity contribution in [2.24, 2.45) is 10.9 Å². The van der Waals surface area contributed by atoms with Crippen LogP contribution in [0.25, 0.3) is 0 Å². The molecular formula is C21H28N2OS. The van der Waals surface area contributed by atoms with Crippen LogP contribution >= 0.6 is 11.3 Å². The predicted molar refractivity (Wildman–Crippen MR) is 104 cm³/mol. The standard InChI is InChI=1S/C21H28N2OS/c1-13-7-8-14(2)17(11-13)19(24)22-20-23(12-16-9-10-16)15(3)18(25-20)21(4,5)6/h7-8,11,16H,9-10,12H2,1-6H3/b22-20-. The van der Waals surface area contributed by atoms with Gasteiger partial charge in [0.1, 0.15) is 0 Å². The Hall–Kier alpha value is -1.68. The lowest BCUT2D eigenvalue weighted by atomic mass is 9.93. The molecule has 1 fully saturated rings. The van der Waals surface area contributed by atoms with E-state index in [-0.39, 0.29) is 11.3 Å². The van der Waals surface area contributed by atoms with Gasteiger partial charge in [-0.05, 0) is 56.6 Å². The molecule has 1 aliphatic rings. The van der Waals surface area contributed by atoms with Gasteiger partial charge in [-0.1, -0.05) is 38.5 Å². The minimum Gasteiger partial charge on any atom is -0.320 e. The van der Waals surface area contributed by atoms with Crippen LogP contribution in [0.3, 0.4) is 0 Å². The van der Waals surface area contributed by atoms with Gasteiger partial charge >= 0.3 is 0 Å². The summed E-state index contributed by atoms with van der Waals surface area (Å²) in [4.78, 5) is 19.6. The number of hydrogen-bond acceptors (Lipinski definition) is 2. The van der Waals surface area contributed by atoms with Gasteiger partial charge in [0.2, 0.25) is 0 Å². The molecule has 0 radical (unpaired) electrons. The van der Waals surface area contributed by atoms with Gasteiger partial charge in [0.15, 0.2) is 4.80 Å². The first kappa shape index (κ1) is 18.1. The third-order valence-electron chi connectivity index (χ3n) is 4.80. The highest BCUT2D eigenvalue weighted by atomic mass is 32.1. The second-order valence-corrected chi connectivity index (χ2v) is 9.32. The molecule has 0 aliphatic heterocycles. The number of thiazole rings is 1. The number of carbonyl (C=O) groups excluding carboxylic acids is 1. The molecule has 2 aromatic rings. The summed E-state index contributed by atoms with van der Waals surface area (Å²) in [5.74, 6) is 0.614. The fraction of sp³-hybridized carbons (Fsp3) is 0.524. The van der Waals surface area contributed by atoms with Crippen molar-refractivity contribution in [1.29, 1.82) is 0 Å². The summed E-state index contributed by atoms with van der Waals surface area (Å²) < 4.78 is 2.27. The lowest BCUT2D eigenvalue weighted by Gasteiger charge is -2.17. The monoisotopic (exact) mass is 356 g/mol. The lowest BCUT2D eigenvalue weighted by Crippen LogP contribution is -2.20.